The van der Waals surface area contributed by atoms with E-state index in [-0.39, 0.29) is 5.91 Å². The number of fused-ring (bicyclic) bond motifs is 1. The van der Waals surface area contributed by atoms with Gasteiger partial charge in [0.1, 0.15) is 0 Å². The van der Waals surface area contributed by atoms with Crippen LogP contribution in [-0.4, -0.2) is 51.6 Å². The quantitative estimate of drug-likeness (QED) is 0.925. The molecule has 0 bridgehead atoms. The second-order valence-electron chi connectivity index (χ2n) is 6.15. The second-order valence-corrected chi connectivity index (χ2v) is 8.54. The first-order valence-electron chi connectivity index (χ1n) is 7.51. The summed E-state index contributed by atoms with van der Waals surface area (Å²) < 4.78 is 0. The summed E-state index contributed by atoms with van der Waals surface area (Å²) in [7, 11) is 1.82. The number of carbonyl (C=O) groups is 1. The van der Waals surface area contributed by atoms with E-state index in [1.807, 2.05) is 14.0 Å². The summed E-state index contributed by atoms with van der Waals surface area (Å²) in [5, 5.41) is 11.6. The minimum absolute atomic E-state index is 0.119. The van der Waals surface area contributed by atoms with E-state index in [1.54, 1.807) is 28.0 Å². The van der Waals surface area contributed by atoms with Gasteiger partial charge in [-0.3, -0.25) is 4.79 Å². The summed E-state index contributed by atoms with van der Waals surface area (Å²) in [5.74, 6) is 1.61. The lowest BCUT2D eigenvalue weighted by atomic mass is 9.90. The smallest absolute Gasteiger partial charge is 0.255 e. The van der Waals surface area contributed by atoms with E-state index in [4.69, 9.17) is 0 Å². The first kappa shape index (κ1) is 15.3. The summed E-state index contributed by atoms with van der Waals surface area (Å²) in [5.41, 5.74) is 0.0470. The van der Waals surface area contributed by atoms with Crippen LogP contribution < -0.4 is 0 Å². The maximum absolute atomic E-state index is 12.5. The topological polar surface area (TPSA) is 53.4 Å². The predicted molar refractivity (Wildman–Crippen MR) is 87.1 cm³/mol. The zero-order valence-corrected chi connectivity index (χ0v) is 14.2. The van der Waals surface area contributed by atoms with Gasteiger partial charge in [-0.2, -0.15) is 11.8 Å². The Bertz CT molecular complexity index is 538. The van der Waals surface area contributed by atoms with Crippen LogP contribution in [0.15, 0.2) is 0 Å². The Labute approximate surface area is 133 Å². The van der Waals surface area contributed by atoms with Gasteiger partial charge in [0.2, 0.25) is 0 Å². The molecular formula is C15H22N2O2S2. The summed E-state index contributed by atoms with van der Waals surface area (Å²) in [4.78, 5) is 20.3. The molecule has 1 aliphatic carbocycles. The Morgan fingerprint density at radius 3 is 3.10 bits per heavy atom. The molecular weight excluding hydrogens is 304 g/mol. The molecule has 1 N–H and O–H groups in total. The number of thiazole rings is 1. The molecule has 1 aromatic rings. The van der Waals surface area contributed by atoms with Gasteiger partial charge in [-0.25, -0.2) is 4.98 Å². The molecule has 116 valence electrons. The van der Waals surface area contributed by atoms with Crippen molar-refractivity contribution in [2.24, 2.45) is 0 Å². The standard InChI is InChI=1S/C15H22N2O2S2/c1-10-16-13-11(4-3-5-12(13)21-10)8-17(2)14(18)15(19)6-7-20-9-15/h11,19H,3-9H2,1-2H3/t11-,15-/m0/s1. The van der Waals surface area contributed by atoms with Crippen LogP contribution in [0, 0.1) is 6.92 Å². The van der Waals surface area contributed by atoms with Crippen molar-refractivity contribution in [2.75, 3.05) is 25.1 Å². The number of nitrogens with zero attached hydrogens (tertiary/aromatic N) is 2. The van der Waals surface area contributed by atoms with Gasteiger partial charge in [0.25, 0.3) is 5.91 Å². The third-order valence-electron chi connectivity index (χ3n) is 4.42. The largest absolute Gasteiger partial charge is 0.379 e. The van der Waals surface area contributed by atoms with Gasteiger partial charge in [0, 0.05) is 30.1 Å². The van der Waals surface area contributed by atoms with Crippen molar-refractivity contribution in [3.05, 3.63) is 15.6 Å². The molecule has 0 radical (unpaired) electrons. The van der Waals surface area contributed by atoms with Crippen molar-refractivity contribution >= 4 is 29.0 Å². The van der Waals surface area contributed by atoms with Crippen LogP contribution in [-0.2, 0) is 11.2 Å². The fraction of sp³-hybridized carbons (Fsp3) is 0.733. The van der Waals surface area contributed by atoms with E-state index >= 15 is 0 Å². The fourth-order valence-corrected chi connectivity index (χ4v) is 5.59. The Balaban J connectivity index is 1.70. The number of amides is 1. The highest BCUT2D eigenvalue weighted by Gasteiger charge is 2.42. The maximum atomic E-state index is 12.5. The van der Waals surface area contributed by atoms with Crippen molar-refractivity contribution < 1.29 is 9.90 Å². The van der Waals surface area contributed by atoms with E-state index < -0.39 is 5.60 Å². The molecule has 1 aromatic heterocycles. The van der Waals surface area contributed by atoms with Crippen LogP contribution in [0.3, 0.4) is 0 Å². The van der Waals surface area contributed by atoms with E-state index in [9.17, 15) is 9.90 Å². The minimum atomic E-state index is -1.14. The van der Waals surface area contributed by atoms with Gasteiger partial charge >= 0.3 is 0 Å². The molecule has 1 amide bonds. The van der Waals surface area contributed by atoms with E-state index in [1.165, 1.54) is 17.0 Å². The predicted octanol–water partition coefficient (Wildman–Crippen LogP) is 2.20. The molecule has 4 nitrogen and oxygen atoms in total. The van der Waals surface area contributed by atoms with Gasteiger partial charge in [0.05, 0.1) is 10.7 Å². The Kier molecular flexibility index (Phi) is 4.30. The van der Waals surface area contributed by atoms with Crippen molar-refractivity contribution in [3.63, 3.8) is 0 Å². The first-order chi connectivity index (χ1) is 9.99. The maximum Gasteiger partial charge on any atom is 0.255 e. The minimum Gasteiger partial charge on any atom is -0.379 e. The third kappa shape index (κ3) is 2.98. The van der Waals surface area contributed by atoms with Gasteiger partial charge in [-0.15, -0.1) is 11.3 Å². The summed E-state index contributed by atoms with van der Waals surface area (Å²) in [6.07, 6.45) is 3.95. The third-order valence-corrected chi connectivity index (χ3v) is 6.64. The number of aliphatic hydroxyl groups is 1. The average molecular weight is 326 g/mol. The molecule has 1 fully saturated rings. The monoisotopic (exact) mass is 326 g/mol. The number of hydrogen-bond acceptors (Lipinski definition) is 5. The van der Waals surface area contributed by atoms with Crippen molar-refractivity contribution in [3.8, 4) is 0 Å². The lowest BCUT2D eigenvalue weighted by molar-refractivity contribution is -0.147. The van der Waals surface area contributed by atoms with Crippen molar-refractivity contribution in [1.29, 1.82) is 0 Å². The van der Waals surface area contributed by atoms with Crippen LogP contribution in [0.5, 0.6) is 0 Å². The second kappa shape index (κ2) is 5.89. The average Bonchev–Trinajstić information content (AvgIpc) is 3.04. The molecule has 1 saturated heterocycles. The lowest BCUT2D eigenvalue weighted by Crippen LogP contribution is -2.48. The number of hydrogen-bond donors (Lipinski definition) is 1. The molecule has 3 rings (SSSR count). The van der Waals surface area contributed by atoms with Crippen LogP contribution in [0.2, 0.25) is 0 Å². The number of thioether (sulfide) groups is 1. The molecule has 21 heavy (non-hydrogen) atoms. The highest BCUT2D eigenvalue weighted by molar-refractivity contribution is 7.99. The van der Waals surface area contributed by atoms with Crippen molar-refractivity contribution in [1.82, 2.24) is 9.88 Å². The fourth-order valence-electron chi connectivity index (χ4n) is 3.30. The van der Waals surface area contributed by atoms with Crippen molar-refractivity contribution in [2.45, 2.75) is 44.1 Å². The molecule has 2 atom stereocenters. The molecule has 0 spiro atoms. The summed E-state index contributed by atoms with van der Waals surface area (Å²) >= 11 is 3.44. The number of rotatable bonds is 3. The van der Waals surface area contributed by atoms with E-state index in [0.29, 0.717) is 24.6 Å². The SMILES string of the molecule is Cc1nc2c(s1)CCC[C@H]2CN(C)C(=O)[C@]1(O)CCSC1. The molecule has 0 unspecified atom stereocenters. The molecule has 1 aliphatic heterocycles. The highest BCUT2D eigenvalue weighted by atomic mass is 32.2. The number of aromatic nitrogens is 1. The van der Waals surface area contributed by atoms with Gasteiger partial charge in [-0.1, -0.05) is 0 Å². The normalized spacial score (nSPS) is 28.4. The van der Waals surface area contributed by atoms with E-state index in [2.05, 4.69) is 4.98 Å². The zero-order valence-electron chi connectivity index (χ0n) is 12.6. The summed E-state index contributed by atoms with van der Waals surface area (Å²) in [6, 6.07) is 0. The lowest BCUT2D eigenvalue weighted by Gasteiger charge is -2.31. The highest BCUT2D eigenvalue weighted by Crippen LogP contribution is 2.36. The zero-order chi connectivity index (χ0) is 15.0. The van der Waals surface area contributed by atoms with E-state index in [0.717, 1.165) is 23.6 Å². The summed E-state index contributed by atoms with van der Waals surface area (Å²) in [6.45, 7) is 2.72. The first-order valence-corrected chi connectivity index (χ1v) is 9.48. The molecule has 2 heterocycles. The molecule has 0 aromatic carbocycles. The molecule has 2 aliphatic rings. The molecule has 0 saturated carbocycles. The Hall–Kier alpha value is -0.590. The Morgan fingerprint density at radius 2 is 2.38 bits per heavy atom. The van der Waals surface area contributed by atoms with Crippen LogP contribution in [0.4, 0.5) is 0 Å². The number of aryl methyl sites for hydroxylation is 2. The number of carbonyl (C=O) groups excluding carboxylic acids is 1. The van der Waals surface area contributed by atoms with Gasteiger partial charge in [-0.05, 0) is 38.4 Å². The molecule has 6 heteroatoms. The van der Waals surface area contributed by atoms with Crippen LogP contribution in [0.1, 0.15) is 40.8 Å². The Morgan fingerprint density at radius 1 is 1.57 bits per heavy atom. The van der Waals surface area contributed by atoms with Crippen LogP contribution in [0.25, 0.3) is 0 Å². The van der Waals surface area contributed by atoms with Crippen LogP contribution >= 0.6 is 23.1 Å². The number of likely N-dealkylation sites (N-methyl/N-ethyl adjacent to an activating group) is 1. The van der Waals surface area contributed by atoms with Gasteiger partial charge in [0.15, 0.2) is 5.60 Å². The van der Waals surface area contributed by atoms with Gasteiger partial charge < -0.3 is 10.0 Å².